The van der Waals surface area contributed by atoms with E-state index in [1.54, 1.807) is 6.20 Å². The van der Waals surface area contributed by atoms with Gasteiger partial charge in [0.15, 0.2) is 0 Å². The van der Waals surface area contributed by atoms with Gasteiger partial charge in [0.1, 0.15) is 17.3 Å². The summed E-state index contributed by atoms with van der Waals surface area (Å²) in [4.78, 5) is 4.18. The molecule has 0 unspecified atom stereocenters. The molecule has 0 saturated carbocycles. The first-order valence-corrected chi connectivity index (χ1v) is 9.15. The van der Waals surface area contributed by atoms with Crippen LogP contribution in [0.15, 0.2) is 84.8 Å². The third-order valence-electron chi connectivity index (χ3n) is 4.24. The van der Waals surface area contributed by atoms with Crippen LogP contribution in [0.1, 0.15) is 17.8 Å². The van der Waals surface area contributed by atoms with E-state index < -0.39 is 0 Å². The van der Waals surface area contributed by atoms with Gasteiger partial charge in [0.05, 0.1) is 5.69 Å². The van der Waals surface area contributed by atoms with Crippen molar-refractivity contribution in [2.75, 3.05) is 0 Å². The third kappa shape index (κ3) is 4.20. The summed E-state index contributed by atoms with van der Waals surface area (Å²) in [7, 11) is 0. The van der Waals surface area contributed by atoms with E-state index in [0.29, 0.717) is 17.4 Å². The standard InChI is InChI=1S/C23H21N3O2/c1-17-15-18(2)26(25-17)19-7-5-8-20(13-12-19)27-21-9-6-10-22(16-21)28-23-11-3-4-14-24-23/h3-11,13-16H,12H2,1-2H3. The number of aromatic nitrogens is 3. The summed E-state index contributed by atoms with van der Waals surface area (Å²) >= 11 is 0. The van der Waals surface area contributed by atoms with Crippen molar-refractivity contribution in [2.24, 2.45) is 0 Å². The summed E-state index contributed by atoms with van der Waals surface area (Å²) in [5.74, 6) is 2.71. The van der Waals surface area contributed by atoms with E-state index in [9.17, 15) is 0 Å². The van der Waals surface area contributed by atoms with Gasteiger partial charge in [-0.25, -0.2) is 9.67 Å². The predicted molar refractivity (Wildman–Crippen MR) is 109 cm³/mol. The zero-order valence-electron chi connectivity index (χ0n) is 15.9. The van der Waals surface area contributed by atoms with Crippen LogP contribution in [0.5, 0.6) is 17.4 Å². The van der Waals surface area contributed by atoms with Crippen LogP contribution in [0.4, 0.5) is 0 Å². The lowest BCUT2D eigenvalue weighted by Crippen LogP contribution is -2.01. The Kier molecular flexibility index (Phi) is 5.06. The second-order valence-electron chi connectivity index (χ2n) is 6.51. The lowest BCUT2D eigenvalue weighted by molar-refractivity contribution is 0.430. The number of benzene rings is 1. The SMILES string of the molecule is Cc1cc(C)n(C2=CC=CC(Oc3cccc(Oc4ccccn4)c3)=CC2)n1. The molecule has 0 saturated heterocycles. The van der Waals surface area contributed by atoms with Crippen molar-refractivity contribution in [3.05, 3.63) is 96.2 Å². The van der Waals surface area contributed by atoms with Crippen molar-refractivity contribution in [3.8, 4) is 17.4 Å². The van der Waals surface area contributed by atoms with Gasteiger partial charge in [0.2, 0.25) is 5.88 Å². The number of hydrogen-bond acceptors (Lipinski definition) is 4. The van der Waals surface area contributed by atoms with Crippen molar-refractivity contribution in [1.82, 2.24) is 14.8 Å². The molecule has 3 aromatic rings. The Labute approximate surface area is 164 Å². The molecular weight excluding hydrogens is 350 g/mol. The number of aryl methyl sites for hydroxylation is 2. The topological polar surface area (TPSA) is 49.2 Å². The Morgan fingerprint density at radius 3 is 2.57 bits per heavy atom. The highest BCUT2D eigenvalue weighted by atomic mass is 16.5. The highest BCUT2D eigenvalue weighted by Gasteiger charge is 2.09. The molecule has 0 spiro atoms. The van der Waals surface area contributed by atoms with Crippen LogP contribution in [-0.2, 0) is 0 Å². The maximum absolute atomic E-state index is 6.04. The Morgan fingerprint density at radius 2 is 1.82 bits per heavy atom. The monoisotopic (exact) mass is 371 g/mol. The summed E-state index contributed by atoms with van der Waals surface area (Å²) in [5, 5.41) is 4.56. The molecule has 0 atom stereocenters. The van der Waals surface area contributed by atoms with Crippen LogP contribution < -0.4 is 9.47 Å². The van der Waals surface area contributed by atoms with Crippen molar-refractivity contribution < 1.29 is 9.47 Å². The first kappa shape index (κ1) is 17.8. The fourth-order valence-electron chi connectivity index (χ4n) is 3.01. The number of nitrogens with zero attached hydrogens (tertiary/aromatic N) is 3. The molecule has 0 aliphatic heterocycles. The van der Waals surface area contributed by atoms with Crippen LogP contribution in [0, 0.1) is 13.8 Å². The number of pyridine rings is 1. The molecule has 5 heteroatoms. The summed E-state index contributed by atoms with van der Waals surface area (Å²) in [6.45, 7) is 4.06. The summed E-state index contributed by atoms with van der Waals surface area (Å²) < 4.78 is 13.8. The van der Waals surface area contributed by atoms with Crippen LogP contribution in [0.25, 0.3) is 5.70 Å². The van der Waals surface area contributed by atoms with Gasteiger partial charge in [-0.05, 0) is 56.3 Å². The highest BCUT2D eigenvalue weighted by molar-refractivity contribution is 5.53. The molecule has 1 aromatic carbocycles. The van der Waals surface area contributed by atoms with Gasteiger partial charge < -0.3 is 9.47 Å². The Morgan fingerprint density at radius 1 is 0.964 bits per heavy atom. The molecule has 4 rings (SSSR count). The molecule has 1 aliphatic carbocycles. The van der Waals surface area contributed by atoms with Gasteiger partial charge in [-0.2, -0.15) is 5.10 Å². The number of hydrogen-bond donors (Lipinski definition) is 0. The lowest BCUT2D eigenvalue weighted by Gasteiger charge is -2.09. The van der Waals surface area contributed by atoms with Crippen LogP contribution in [0.3, 0.4) is 0 Å². The van der Waals surface area contributed by atoms with E-state index in [1.165, 1.54) is 0 Å². The van der Waals surface area contributed by atoms with E-state index in [4.69, 9.17) is 9.47 Å². The van der Waals surface area contributed by atoms with E-state index in [-0.39, 0.29) is 0 Å². The zero-order valence-corrected chi connectivity index (χ0v) is 15.9. The van der Waals surface area contributed by atoms with Gasteiger partial charge in [-0.15, -0.1) is 0 Å². The molecule has 1 aliphatic rings. The quantitative estimate of drug-likeness (QED) is 0.598. The second kappa shape index (κ2) is 7.96. The van der Waals surface area contributed by atoms with Crippen molar-refractivity contribution in [3.63, 3.8) is 0 Å². The van der Waals surface area contributed by atoms with Crippen molar-refractivity contribution in [1.29, 1.82) is 0 Å². The molecule has 0 amide bonds. The minimum absolute atomic E-state index is 0.548. The summed E-state index contributed by atoms with van der Waals surface area (Å²) in [6.07, 6.45) is 10.5. The van der Waals surface area contributed by atoms with Gasteiger partial charge in [0.25, 0.3) is 0 Å². The second-order valence-corrected chi connectivity index (χ2v) is 6.51. The van der Waals surface area contributed by atoms with Crippen LogP contribution >= 0.6 is 0 Å². The third-order valence-corrected chi connectivity index (χ3v) is 4.24. The van der Waals surface area contributed by atoms with E-state index in [2.05, 4.69) is 35.2 Å². The van der Waals surface area contributed by atoms with E-state index >= 15 is 0 Å². The maximum Gasteiger partial charge on any atom is 0.219 e. The average molecular weight is 371 g/mol. The fraction of sp³-hybridized carbons (Fsp3) is 0.130. The first-order chi connectivity index (χ1) is 13.7. The molecule has 140 valence electrons. The van der Waals surface area contributed by atoms with Crippen LogP contribution in [-0.4, -0.2) is 14.8 Å². The number of ether oxygens (including phenoxy) is 2. The van der Waals surface area contributed by atoms with Gasteiger partial charge in [-0.3, -0.25) is 0 Å². The first-order valence-electron chi connectivity index (χ1n) is 9.15. The smallest absolute Gasteiger partial charge is 0.219 e. The lowest BCUT2D eigenvalue weighted by atomic mass is 10.3. The normalized spacial score (nSPS) is 13.5. The minimum Gasteiger partial charge on any atom is -0.458 e. The zero-order chi connectivity index (χ0) is 19.3. The molecule has 0 radical (unpaired) electrons. The largest absolute Gasteiger partial charge is 0.458 e. The maximum atomic E-state index is 6.04. The summed E-state index contributed by atoms with van der Waals surface area (Å²) in [5.41, 5.74) is 3.23. The van der Waals surface area contributed by atoms with Crippen molar-refractivity contribution in [2.45, 2.75) is 20.3 Å². The van der Waals surface area contributed by atoms with Crippen molar-refractivity contribution >= 4 is 5.70 Å². The minimum atomic E-state index is 0.548. The molecule has 0 N–H and O–H groups in total. The molecule has 2 aromatic heterocycles. The average Bonchev–Trinajstić information content (AvgIpc) is 2.88. The number of rotatable bonds is 5. The van der Waals surface area contributed by atoms with Crippen LogP contribution in [0.2, 0.25) is 0 Å². The molecular formula is C23H21N3O2. The molecule has 0 fully saturated rings. The van der Waals surface area contributed by atoms with Gasteiger partial charge in [-0.1, -0.05) is 18.2 Å². The molecule has 0 bridgehead atoms. The molecule has 5 nitrogen and oxygen atoms in total. The van der Waals surface area contributed by atoms with Gasteiger partial charge in [0, 0.05) is 36.1 Å². The Bertz CT molecular complexity index is 1060. The number of allylic oxidation sites excluding steroid dienone is 5. The molecule has 28 heavy (non-hydrogen) atoms. The fourth-order valence-corrected chi connectivity index (χ4v) is 3.01. The highest BCUT2D eigenvalue weighted by Crippen LogP contribution is 2.26. The Balaban J connectivity index is 1.46. The van der Waals surface area contributed by atoms with Gasteiger partial charge >= 0.3 is 0 Å². The predicted octanol–water partition coefficient (Wildman–Crippen LogP) is 5.45. The summed E-state index contributed by atoms with van der Waals surface area (Å²) in [6, 6.07) is 15.2. The van der Waals surface area contributed by atoms with E-state index in [1.807, 2.05) is 66.2 Å². The Hall–Kier alpha value is -3.60. The van der Waals surface area contributed by atoms with E-state index in [0.717, 1.165) is 29.3 Å². The molecule has 2 heterocycles.